The molecule has 0 radical (unpaired) electrons. The second-order valence-corrected chi connectivity index (χ2v) is 12.8. The van der Waals surface area contributed by atoms with Crippen LogP contribution in [0.5, 0.6) is 0 Å². The maximum Gasteiger partial charge on any atom is 0.326 e. The predicted octanol–water partition coefficient (Wildman–Crippen LogP) is 5.51. The number of nitrogens with zero attached hydrogens (tertiary/aromatic N) is 1. The molecule has 4 rings (SSSR count). The number of thioether (sulfide) groups is 1. The highest BCUT2D eigenvalue weighted by Crippen LogP contribution is 2.49. The molecular weight excluding hydrogens is 552 g/mol. The number of nitrogens with one attached hydrogen (secondary N) is 1. The molecule has 3 aromatic carbocycles. The van der Waals surface area contributed by atoms with Gasteiger partial charge in [0.15, 0.2) is 0 Å². The van der Waals surface area contributed by atoms with Gasteiger partial charge < -0.3 is 20.4 Å². The molecular formula is C30H31ClN2O6S. The lowest BCUT2D eigenvalue weighted by Gasteiger charge is -2.32. The molecule has 0 aliphatic carbocycles. The first kappa shape index (κ1) is 29.4. The van der Waals surface area contributed by atoms with Crippen molar-refractivity contribution in [2.45, 2.75) is 50.2 Å². The Hall–Kier alpha value is -3.56. The molecule has 3 aromatic rings. The Kier molecular flexibility index (Phi) is 8.75. The van der Waals surface area contributed by atoms with Crippen molar-refractivity contribution in [1.82, 2.24) is 5.32 Å². The van der Waals surface area contributed by atoms with Gasteiger partial charge in [-0.15, -0.1) is 11.8 Å². The molecule has 0 aromatic heterocycles. The summed E-state index contributed by atoms with van der Waals surface area (Å²) < 4.78 is 0. The summed E-state index contributed by atoms with van der Waals surface area (Å²) in [5.74, 6) is -3.81. The van der Waals surface area contributed by atoms with E-state index >= 15 is 0 Å². The minimum absolute atomic E-state index is 0.279. The molecule has 210 valence electrons. The number of hydrogen-bond donors (Lipinski definition) is 3. The summed E-state index contributed by atoms with van der Waals surface area (Å²) in [7, 11) is 0. The van der Waals surface area contributed by atoms with Gasteiger partial charge >= 0.3 is 11.9 Å². The molecule has 0 spiro atoms. The molecule has 0 saturated carbocycles. The molecule has 3 N–H and O–H groups in total. The highest BCUT2D eigenvalue weighted by molar-refractivity contribution is 8.01. The maximum absolute atomic E-state index is 14.1. The van der Waals surface area contributed by atoms with E-state index in [0.29, 0.717) is 17.3 Å². The first-order valence-electron chi connectivity index (χ1n) is 12.8. The zero-order chi connectivity index (χ0) is 29.2. The van der Waals surface area contributed by atoms with Crippen LogP contribution in [0.25, 0.3) is 10.8 Å². The summed E-state index contributed by atoms with van der Waals surface area (Å²) in [6.07, 6.45) is -1.10. The lowest BCUT2D eigenvalue weighted by Crippen LogP contribution is -2.46. The van der Waals surface area contributed by atoms with Crippen LogP contribution in [0.1, 0.15) is 50.0 Å². The van der Waals surface area contributed by atoms with Crippen molar-refractivity contribution in [3.63, 3.8) is 0 Å². The monoisotopic (exact) mass is 582 g/mol. The van der Waals surface area contributed by atoms with Crippen LogP contribution < -0.4 is 10.2 Å². The number of carboxylic acid groups (broad SMARTS) is 2. The van der Waals surface area contributed by atoms with Crippen molar-refractivity contribution in [1.29, 1.82) is 0 Å². The number of aliphatic carboxylic acids is 2. The molecule has 2 amide bonds. The lowest BCUT2D eigenvalue weighted by atomic mass is 9.93. The largest absolute Gasteiger partial charge is 0.481 e. The number of rotatable bonds is 8. The van der Waals surface area contributed by atoms with Crippen LogP contribution in [-0.4, -0.2) is 51.8 Å². The average Bonchev–Trinajstić information content (AvgIpc) is 2.97. The Morgan fingerprint density at radius 2 is 1.73 bits per heavy atom. The van der Waals surface area contributed by atoms with Crippen LogP contribution in [-0.2, 0) is 19.2 Å². The van der Waals surface area contributed by atoms with Crippen LogP contribution in [0.4, 0.5) is 5.69 Å². The van der Waals surface area contributed by atoms with Crippen molar-refractivity contribution in [3.8, 4) is 0 Å². The van der Waals surface area contributed by atoms with Crippen LogP contribution in [0, 0.1) is 5.41 Å². The quantitative estimate of drug-likeness (QED) is 0.320. The summed E-state index contributed by atoms with van der Waals surface area (Å²) in [4.78, 5) is 51.6. The predicted molar refractivity (Wildman–Crippen MR) is 157 cm³/mol. The van der Waals surface area contributed by atoms with Gasteiger partial charge in [0.25, 0.3) is 0 Å². The molecule has 3 atom stereocenters. The SMILES string of the molecule is CC(C)(C)CN1C(=O)[C@H](CC(=O)N[C@@H](CC(=O)O)C(=O)O)S[C@@H](c2cccc3ccccc23)c2cc(Cl)ccc21. The van der Waals surface area contributed by atoms with Crippen molar-refractivity contribution < 1.29 is 29.4 Å². The zero-order valence-corrected chi connectivity index (χ0v) is 24.0. The first-order valence-corrected chi connectivity index (χ1v) is 14.1. The van der Waals surface area contributed by atoms with E-state index in [1.54, 1.807) is 11.0 Å². The number of anilines is 1. The van der Waals surface area contributed by atoms with Crippen molar-refractivity contribution in [2.24, 2.45) is 5.41 Å². The molecule has 0 bridgehead atoms. The van der Waals surface area contributed by atoms with E-state index in [-0.39, 0.29) is 23.0 Å². The third-order valence-corrected chi connectivity index (χ3v) is 8.24. The topological polar surface area (TPSA) is 124 Å². The van der Waals surface area contributed by atoms with E-state index < -0.39 is 35.6 Å². The fourth-order valence-electron chi connectivity index (χ4n) is 4.86. The highest BCUT2D eigenvalue weighted by Gasteiger charge is 2.39. The Labute approximate surface area is 241 Å². The Balaban J connectivity index is 1.81. The summed E-state index contributed by atoms with van der Waals surface area (Å²) in [5, 5.41) is 22.1. The van der Waals surface area contributed by atoms with E-state index in [1.165, 1.54) is 11.8 Å². The highest BCUT2D eigenvalue weighted by atomic mass is 35.5. The standard InChI is InChI=1S/C30H31ClN2O6S/c1-30(2,3)16-33-23-12-11-18(31)13-21(23)27(20-10-6-8-17-7-4-5-9-19(17)20)40-24(28(33)37)15-25(34)32-22(29(38)39)14-26(35)36/h4-13,22,24,27H,14-16H2,1-3H3,(H,32,34)(H,35,36)(H,38,39)/t22-,24-,27-/m0/s1. The van der Waals surface area contributed by atoms with Gasteiger partial charge in [-0.3, -0.25) is 14.4 Å². The second kappa shape index (κ2) is 11.9. The van der Waals surface area contributed by atoms with Gasteiger partial charge in [0, 0.05) is 23.7 Å². The third-order valence-electron chi connectivity index (χ3n) is 6.53. The van der Waals surface area contributed by atoms with Crippen LogP contribution >= 0.6 is 23.4 Å². The molecule has 10 heteroatoms. The number of fused-ring (bicyclic) bond motifs is 2. The molecule has 8 nitrogen and oxygen atoms in total. The van der Waals surface area contributed by atoms with Gasteiger partial charge in [-0.2, -0.15) is 0 Å². The minimum atomic E-state index is -1.61. The van der Waals surface area contributed by atoms with Gasteiger partial charge in [-0.05, 0) is 45.5 Å². The van der Waals surface area contributed by atoms with E-state index in [4.69, 9.17) is 16.7 Å². The first-order chi connectivity index (χ1) is 18.8. The van der Waals surface area contributed by atoms with Gasteiger partial charge in [0.2, 0.25) is 11.8 Å². The summed E-state index contributed by atoms with van der Waals surface area (Å²) >= 11 is 7.80. The van der Waals surface area contributed by atoms with Crippen molar-refractivity contribution >= 4 is 63.6 Å². The number of carbonyl (C=O) groups is 4. The molecule has 1 heterocycles. The van der Waals surface area contributed by atoms with Crippen LogP contribution in [0.15, 0.2) is 60.7 Å². The molecule has 1 aliphatic rings. The van der Waals surface area contributed by atoms with Gasteiger partial charge in [-0.25, -0.2) is 4.79 Å². The number of carboxylic acids is 2. The lowest BCUT2D eigenvalue weighted by molar-refractivity contribution is -0.147. The Bertz CT molecular complexity index is 1460. The Morgan fingerprint density at radius 3 is 2.40 bits per heavy atom. The van der Waals surface area contributed by atoms with E-state index in [1.807, 2.05) is 75.4 Å². The summed E-state index contributed by atoms with van der Waals surface area (Å²) in [6.45, 7) is 6.42. The average molecular weight is 583 g/mol. The summed E-state index contributed by atoms with van der Waals surface area (Å²) in [6, 6.07) is 17.7. The van der Waals surface area contributed by atoms with Crippen LogP contribution in [0.3, 0.4) is 0 Å². The minimum Gasteiger partial charge on any atom is -0.481 e. The number of hydrogen-bond acceptors (Lipinski definition) is 5. The molecule has 0 unspecified atom stereocenters. The number of carbonyl (C=O) groups excluding carboxylic acids is 2. The van der Waals surface area contributed by atoms with E-state index in [2.05, 4.69) is 5.32 Å². The number of amides is 2. The van der Waals surface area contributed by atoms with Gasteiger partial charge in [0.1, 0.15) is 6.04 Å². The maximum atomic E-state index is 14.1. The van der Waals surface area contributed by atoms with Gasteiger partial charge in [0.05, 0.1) is 16.9 Å². The fraction of sp³-hybridized carbons (Fsp3) is 0.333. The smallest absolute Gasteiger partial charge is 0.326 e. The molecule has 0 fully saturated rings. The van der Waals surface area contributed by atoms with Crippen molar-refractivity contribution in [3.05, 3.63) is 76.8 Å². The zero-order valence-electron chi connectivity index (χ0n) is 22.4. The molecule has 1 aliphatic heterocycles. The van der Waals surface area contributed by atoms with Crippen LogP contribution in [0.2, 0.25) is 5.02 Å². The van der Waals surface area contributed by atoms with Crippen molar-refractivity contribution in [2.75, 3.05) is 11.4 Å². The van der Waals surface area contributed by atoms with Gasteiger partial charge in [-0.1, -0.05) is 74.8 Å². The fourth-order valence-corrected chi connectivity index (χ4v) is 6.55. The number of benzene rings is 3. The second-order valence-electron chi connectivity index (χ2n) is 11.0. The molecule has 40 heavy (non-hydrogen) atoms. The summed E-state index contributed by atoms with van der Waals surface area (Å²) in [5.41, 5.74) is 2.21. The van der Waals surface area contributed by atoms with E-state index in [9.17, 15) is 24.3 Å². The number of halogens is 1. The normalized spacial score (nSPS) is 18.1. The van der Waals surface area contributed by atoms with E-state index in [0.717, 1.165) is 21.9 Å². The Morgan fingerprint density at radius 1 is 1.02 bits per heavy atom. The molecule has 0 saturated heterocycles. The third kappa shape index (κ3) is 6.77.